The lowest BCUT2D eigenvalue weighted by Crippen LogP contribution is -2.52. The second-order valence-electron chi connectivity index (χ2n) is 5.86. The lowest BCUT2D eigenvalue weighted by Gasteiger charge is -2.41. The molecule has 106 valence electrons. The summed E-state index contributed by atoms with van der Waals surface area (Å²) < 4.78 is 5.24. The zero-order chi connectivity index (χ0) is 14.9. The summed E-state index contributed by atoms with van der Waals surface area (Å²) in [7, 11) is 0. The Morgan fingerprint density at radius 2 is 2.00 bits per heavy atom. The van der Waals surface area contributed by atoms with E-state index in [0.29, 0.717) is 16.7 Å². The van der Waals surface area contributed by atoms with Crippen LogP contribution >= 0.6 is 0 Å². The number of hydrogen-bond acceptors (Lipinski definition) is 5. The average molecular weight is 276 g/mol. The number of ketones is 1. The maximum atomic E-state index is 12.0. The Bertz CT molecular complexity index is 622. The number of hydrogen-bond donors (Lipinski definition) is 2. The first-order valence-electron chi connectivity index (χ1n) is 6.48. The molecule has 3 aliphatic rings. The maximum Gasteiger partial charge on any atom is 0.334 e. The predicted molar refractivity (Wildman–Crippen MR) is 69.5 cm³/mol. The Balaban J connectivity index is 2.26. The Morgan fingerprint density at radius 3 is 2.60 bits per heavy atom. The van der Waals surface area contributed by atoms with Gasteiger partial charge < -0.3 is 14.9 Å². The third kappa shape index (κ3) is 1.45. The molecule has 3 rings (SSSR count). The van der Waals surface area contributed by atoms with Crippen molar-refractivity contribution in [3.8, 4) is 0 Å². The van der Waals surface area contributed by atoms with E-state index in [1.165, 1.54) is 19.1 Å². The normalized spacial score (nSPS) is 42.2. The molecule has 0 radical (unpaired) electrons. The third-order valence-corrected chi connectivity index (χ3v) is 4.43. The van der Waals surface area contributed by atoms with Crippen molar-refractivity contribution in [2.45, 2.75) is 38.1 Å². The largest absolute Gasteiger partial charge is 0.453 e. The highest BCUT2D eigenvalue weighted by atomic mass is 16.6. The molecule has 0 bridgehead atoms. The van der Waals surface area contributed by atoms with E-state index < -0.39 is 29.2 Å². The van der Waals surface area contributed by atoms with E-state index in [4.69, 9.17) is 4.74 Å². The monoisotopic (exact) mass is 276 g/mol. The molecule has 2 aliphatic carbocycles. The highest BCUT2D eigenvalue weighted by Gasteiger charge is 2.59. The lowest BCUT2D eigenvalue weighted by atomic mass is 9.68. The fourth-order valence-electron chi connectivity index (χ4n) is 3.35. The minimum absolute atomic E-state index is 0.287. The molecule has 4 unspecified atom stereocenters. The van der Waals surface area contributed by atoms with Gasteiger partial charge in [-0.25, -0.2) is 4.79 Å². The minimum atomic E-state index is -1.60. The Kier molecular flexibility index (Phi) is 2.44. The number of aliphatic hydroxyl groups is 2. The first kappa shape index (κ1) is 13.3. The molecule has 2 N–H and O–H groups in total. The average Bonchev–Trinajstić information content (AvgIpc) is 2.73. The van der Waals surface area contributed by atoms with Crippen molar-refractivity contribution in [1.82, 2.24) is 0 Å². The van der Waals surface area contributed by atoms with Crippen LogP contribution in [0.1, 0.15) is 20.8 Å². The number of fused-ring (bicyclic) bond motifs is 2. The minimum Gasteiger partial charge on any atom is -0.453 e. The Labute approximate surface area is 116 Å². The van der Waals surface area contributed by atoms with Crippen molar-refractivity contribution < 1.29 is 24.5 Å². The summed E-state index contributed by atoms with van der Waals surface area (Å²) >= 11 is 0. The molecule has 0 fully saturated rings. The van der Waals surface area contributed by atoms with E-state index in [-0.39, 0.29) is 5.78 Å². The first-order valence-corrected chi connectivity index (χ1v) is 6.48. The quantitative estimate of drug-likeness (QED) is 0.536. The zero-order valence-electron chi connectivity index (χ0n) is 11.5. The van der Waals surface area contributed by atoms with Gasteiger partial charge in [0.2, 0.25) is 0 Å². The zero-order valence-corrected chi connectivity index (χ0v) is 11.5. The molecule has 0 spiro atoms. The van der Waals surface area contributed by atoms with Crippen molar-refractivity contribution >= 4 is 11.8 Å². The smallest absolute Gasteiger partial charge is 0.334 e. The van der Waals surface area contributed by atoms with Gasteiger partial charge in [0, 0.05) is 16.7 Å². The molecule has 20 heavy (non-hydrogen) atoms. The van der Waals surface area contributed by atoms with Crippen molar-refractivity contribution in [2.75, 3.05) is 0 Å². The molecule has 0 saturated heterocycles. The fourth-order valence-corrected chi connectivity index (χ4v) is 3.35. The molecule has 0 saturated carbocycles. The summed E-state index contributed by atoms with van der Waals surface area (Å²) in [5.74, 6) is -1.70. The molecule has 0 amide bonds. The van der Waals surface area contributed by atoms with Gasteiger partial charge in [-0.3, -0.25) is 4.79 Å². The summed E-state index contributed by atoms with van der Waals surface area (Å²) in [6.07, 6.45) is 3.69. The van der Waals surface area contributed by atoms with Gasteiger partial charge in [0.05, 0.1) is 5.92 Å². The molecular weight excluding hydrogens is 260 g/mol. The van der Waals surface area contributed by atoms with Crippen molar-refractivity contribution in [1.29, 1.82) is 0 Å². The first-order chi connectivity index (χ1) is 9.18. The van der Waals surface area contributed by atoms with E-state index in [2.05, 4.69) is 0 Å². The molecule has 5 heteroatoms. The SMILES string of the molecule is CC(=O)C1C2OC(=O)C(C)=C2C=C2C(C)(O)C=CC21O. The summed E-state index contributed by atoms with van der Waals surface area (Å²) in [6, 6.07) is 0. The fraction of sp³-hybridized carbons (Fsp3) is 0.467. The standard InChI is InChI=1S/C15H16O5/c1-7-9-6-10-14(3,18)4-5-15(10,19)11(8(2)16)12(9)20-13(7)17/h4-6,11-12,18-19H,1-3H3. The summed E-state index contributed by atoms with van der Waals surface area (Å²) in [5.41, 5.74) is -1.65. The molecule has 1 aliphatic heterocycles. The molecule has 4 atom stereocenters. The molecule has 0 aromatic heterocycles. The van der Waals surface area contributed by atoms with Gasteiger partial charge in [0.15, 0.2) is 0 Å². The lowest BCUT2D eigenvalue weighted by molar-refractivity contribution is -0.148. The maximum absolute atomic E-state index is 12.0. The van der Waals surface area contributed by atoms with Crippen molar-refractivity contribution in [2.24, 2.45) is 5.92 Å². The van der Waals surface area contributed by atoms with Crippen LogP contribution in [0, 0.1) is 5.92 Å². The molecule has 1 heterocycles. The van der Waals surface area contributed by atoms with Crippen LogP contribution < -0.4 is 0 Å². The number of rotatable bonds is 1. The molecule has 5 nitrogen and oxygen atoms in total. The molecule has 0 aromatic rings. The topological polar surface area (TPSA) is 83.8 Å². The highest BCUT2D eigenvalue weighted by Crippen LogP contribution is 2.50. The van der Waals surface area contributed by atoms with Gasteiger partial charge >= 0.3 is 5.97 Å². The van der Waals surface area contributed by atoms with E-state index in [1.54, 1.807) is 19.9 Å². The van der Waals surface area contributed by atoms with Gasteiger partial charge in [0.1, 0.15) is 23.1 Å². The van der Waals surface area contributed by atoms with Crippen LogP contribution in [0.4, 0.5) is 0 Å². The van der Waals surface area contributed by atoms with Crippen LogP contribution in [0.2, 0.25) is 0 Å². The summed E-state index contributed by atoms with van der Waals surface area (Å²) in [6.45, 7) is 4.51. The number of ether oxygens (including phenoxy) is 1. The second-order valence-corrected chi connectivity index (χ2v) is 5.86. The van der Waals surface area contributed by atoms with E-state index in [0.717, 1.165) is 0 Å². The van der Waals surface area contributed by atoms with Crippen LogP contribution in [0.3, 0.4) is 0 Å². The van der Waals surface area contributed by atoms with Gasteiger partial charge in [0.25, 0.3) is 0 Å². The van der Waals surface area contributed by atoms with Crippen molar-refractivity contribution in [3.63, 3.8) is 0 Å². The Hall–Kier alpha value is -1.72. The summed E-state index contributed by atoms with van der Waals surface area (Å²) in [5, 5.41) is 21.2. The number of carbonyl (C=O) groups is 2. The van der Waals surface area contributed by atoms with Crippen LogP contribution in [-0.2, 0) is 14.3 Å². The predicted octanol–water partition coefficient (Wildman–Crippen LogP) is 0.425. The highest BCUT2D eigenvalue weighted by molar-refractivity contribution is 5.95. The van der Waals surface area contributed by atoms with E-state index >= 15 is 0 Å². The Morgan fingerprint density at radius 1 is 1.35 bits per heavy atom. The number of esters is 1. The van der Waals surface area contributed by atoms with Crippen LogP contribution in [0.15, 0.2) is 34.9 Å². The third-order valence-electron chi connectivity index (χ3n) is 4.43. The second kappa shape index (κ2) is 3.68. The van der Waals surface area contributed by atoms with Gasteiger partial charge in [-0.2, -0.15) is 0 Å². The van der Waals surface area contributed by atoms with Crippen LogP contribution in [-0.4, -0.2) is 39.3 Å². The van der Waals surface area contributed by atoms with Crippen molar-refractivity contribution in [3.05, 3.63) is 34.9 Å². The molecular formula is C15H16O5. The van der Waals surface area contributed by atoms with E-state index in [9.17, 15) is 19.8 Å². The van der Waals surface area contributed by atoms with Crippen LogP contribution in [0.5, 0.6) is 0 Å². The number of Topliss-reactive ketones (excluding diaryl/α,β-unsaturated/α-hetero) is 1. The summed E-state index contributed by atoms with van der Waals surface area (Å²) in [4.78, 5) is 23.7. The number of carbonyl (C=O) groups excluding carboxylic acids is 2. The van der Waals surface area contributed by atoms with Gasteiger partial charge in [-0.05, 0) is 39.0 Å². The van der Waals surface area contributed by atoms with Gasteiger partial charge in [-0.15, -0.1) is 0 Å². The molecule has 0 aromatic carbocycles. The van der Waals surface area contributed by atoms with E-state index in [1.807, 2.05) is 0 Å². The van der Waals surface area contributed by atoms with Gasteiger partial charge in [-0.1, -0.05) is 0 Å². The van der Waals surface area contributed by atoms with Crippen LogP contribution in [0.25, 0.3) is 0 Å².